The van der Waals surface area contributed by atoms with Crippen LogP contribution in [0.5, 0.6) is 0 Å². The van der Waals surface area contributed by atoms with Crippen LogP contribution in [0, 0.1) is 0 Å². The molecule has 6 heteroatoms. The fraction of sp³-hybridized carbons (Fsp3) is 0.160. The first kappa shape index (κ1) is 20.9. The lowest BCUT2D eigenvalue weighted by molar-refractivity contribution is -0.116. The van der Waals surface area contributed by atoms with Gasteiger partial charge >= 0.3 is 0 Å². The van der Waals surface area contributed by atoms with E-state index in [0.29, 0.717) is 28.9 Å². The van der Waals surface area contributed by atoms with Crippen LogP contribution in [0.25, 0.3) is 5.57 Å². The van der Waals surface area contributed by atoms with E-state index in [1.165, 1.54) is 11.4 Å². The van der Waals surface area contributed by atoms with Crippen LogP contribution < -0.4 is 9.62 Å². The summed E-state index contributed by atoms with van der Waals surface area (Å²) < 4.78 is 28.0. The Balaban J connectivity index is 1.79. The number of sulfonamides is 1. The number of nitrogens with one attached hydrogen (secondary N) is 1. The minimum absolute atomic E-state index is 0.0437. The number of carbonyl (C=O) groups is 1. The summed E-state index contributed by atoms with van der Waals surface area (Å²) in [5.74, 6) is -0.551. The Morgan fingerprint density at radius 2 is 1.48 bits per heavy atom. The smallest absolute Gasteiger partial charge is 0.270 e. The monoisotopic (exact) mass is 432 g/mol. The average molecular weight is 433 g/mol. The topological polar surface area (TPSA) is 66.5 Å². The van der Waals surface area contributed by atoms with Gasteiger partial charge in [-0.3, -0.25) is 9.10 Å². The Kier molecular flexibility index (Phi) is 5.65. The predicted octanol–water partition coefficient (Wildman–Crippen LogP) is 4.15. The fourth-order valence-corrected chi connectivity index (χ4v) is 5.31. The standard InChI is InChI=1S/C25H24N2O3S/c1-18(19-11-5-3-6-12-19)17-26-25(28)24-23(20-13-7-4-8-14-20)21-15-9-10-16-22(21)27(2)31(24,29)30/h3-16,18H,17H2,1-2H3,(H,26,28). The van der Waals surface area contributed by atoms with Crippen LogP contribution in [-0.2, 0) is 14.8 Å². The highest BCUT2D eigenvalue weighted by Gasteiger charge is 2.39. The quantitative estimate of drug-likeness (QED) is 0.659. The van der Waals surface area contributed by atoms with Gasteiger partial charge in [0, 0.05) is 24.7 Å². The zero-order valence-electron chi connectivity index (χ0n) is 17.4. The van der Waals surface area contributed by atoms with Gasteiger partial charge in [-0.15, -0.1) is 0 Å². The third-order valence-electron chi connectivity index (χ3n) is 5.56. The van der Waals surface area contributed by atoms with E-state index in [4.69, 9.17) is 0 Å². The van der Waals surface area contributed by atoms with Gasteiger partial charge < -0.3 is 5.32 Å². The summed E-state index contributed by atoms with van der Waals surface area (Å²) >= 11 is 0. The Morgan fingerprint density at radius 1 is 0.903 bits per heavy atom. The molecule has 1 aliphatic rings. The third-order valence-corrected chi connectivity index (χ3v) is 7.39. The van der Waals surface area contributed by atoms with Crippen LogP contribution in [0.2, 0.25) is 0 Å². The van der Waals surface area contributed by atoms with Gasteiger partial charge in [0.25, 0.3) is 15.9 Å². The molecule has 3 aromatic carbocycles. The molecule has 1 unspecified atom stereocenters. The largest absolute Gasteiger partial charge is 0.351 e. The van der Waals surface area contributed by atoms with Crippen molar-refractivity contribution < 1.29 is 13.2 Å². The van der Waals surface area contributed by atoms with Gasteiger partial charge in [-0.05, 0) is 23.1 Å². The molecular formula is C25H24N2O3S. The molecule has 31 heavy (non-hydrogen) atoms. The van der Waals surface area contributed by atoms with Crippen molar-refractivity contribution in [1.82, 2.24) is 5.32 Å². The predicted molar refractivity (Wildman–Crippen MR) is 124 cm³/mol. The summed E-state index contributed by atoms with van der Waals surface area (Å²) in [6.45, 7) is 2.33. The summed E-state index contributed by atoms with van der Waals surface area (Å²) in [5, 5.41) is 2.85. The Morgan fingerprint density at radius 3 is 2.16 bits per heavy atom. The SMILES string of the molecule is CC(CNC(=O)C1=C(c2ccccc2)c2ccccc2N(C)S1(=O)=O)c1ccccc1. The van der Waals surface area contributed by atoms with Crippen molar-refractivity contribution >= 4 is 27.2 Å². The molecular weight excluding hydrogens is 408 g/mol. The second kappa shape index (κ2) is 8.40. The highest BCUT2D eigenvalue weighted by molar-refractivity contribution is 7.97. The van der Waals surface area contributed by atoms with Crippen LogP contribution in [0.1, 0.15) is 29.5 Å². The lowest BCUT2D eigenvalue weighted by atomic mass is 9.95. The third kappa shape index (κ3) is 3.86. The van der Waals surface area contributed by atoms with Gasteiger partial charge in [0.15, 0.2) is 4.91 Å². The molecule has 1 atom stereocenters. The molecule has 1 N–H and O–H groups in total. The number of carbonyl (C=O) groups excluding carboxylic acids is 1. The molecule has 0 radical (unpaired) electrons. The van der Waals surface area contributed by atoms with Gasteiger partial charge in [0.2, 0.25) is 0 Å². The van der Waals surface area contributed by atoms with E-state index < -0.39 is 15.9 Å². The molecule has 5 nitrogen and oxygen atoms in total. The van der Waals surface area contributed by atoms with Crippen LogP contribution in [0.15, 0.2) is 89.8 Å². The number of anilines is 1. The summed E-state index contributed by atoms with van der Waals surface area (Å²) in [6, 6.07) is 26.2. The van der Waals surface area contributed by atoms with Crippen molar-refractivity contribution in [2.75, 3.05) is 17.9 Å². The van der Waals surface area contributed by atoms with Gasteiger partial charge in [0.05, 0.1) is 5.69 Å². The van der Waals surface area contributed by atoms with E-state index in [1.807, 2.05) is 79.7 Å². The lowest BCUT2D eigenvalue weighted by Gasteiger charge is -2.31. The lowest BCUT2D eigenvalue weighted by Crippen LogP contribution is -2.40. The number of benzene rings is 3. The van der Waals surface area contributed by atoms with Crippen molar-refractivity contribution in [3.05, 3.63) is 107 Å². The minimum atomic E-state index is -4.02. The second-order valence-electron chi connectivity index (χ2n) is 7.58. The van der Waals surface area contributed by atoms with Crippen molar-refractivity contribution in [3.63, 3.8) is 0 Å². The Hall–Kier alpha value is -3.38. The van der Waals surface area contributed by atoms with Crippen LogP contribution in [0.3, 0.4) is 0 Å². The average Bonchev–Trinajstić information content (AvgIpc) is 2.80. The summed E-state index contributed by atoms with van der Waals surface area (Å²) in [4.78, 5) is 13.1. The molecule has 0 spiro atoms. The van der Waals surface area contributed by atoms with Gasteiger partial charge in [0.1, 0.15) is 0 Å². The summed E-state index contributed by atoms with van der Waals surface area (Å²) in [6.07, 6.45) is 0. The zero-order valence-corrected chi connectivity index (χ0v) is 18.3. The summed E-state index contributed by atoms with van der Waals surface area (Å²) in [5.41, 5.74) is 3.46. The van der Waals surface area contributed by atoms with E-state index in [9.17, 15) is 13.2 Å². The molecule has 1 amide bonds. The van der Waals surface area contributed by atoms with E-state index in [-0.39, 0.29) is 10.8 Å². The molecule has 0 bridgehead atoms. The molecule has 1 heterocycles. The second-order valence-corrected chi connectivity index (χ2v) is 9.49. The number of nitrogens with zero attached hydrogens (tertiary/aromatic N) is 1. The minimum Gasteiger partial charge on any atom is -0.351 e. The van der Waals surface area contributed by atoms with Crippen LogP contribution in [-0.4, -0.2) is 27.9 Å². The Bertz CT molecular complexity index is 1240. The van der Waals surface area contributed by atoms with Gasteiger partial charge in [-0.1, -0.05) is 85.8 Å². The summed E-state index contributed by atoms with van der Waals surface area (Å²) in [7, 11) is -2.54. The maximum Gasteiger partial charge on any atom is 0.270 e. The Labute approximate surface area is 183 Å². The van der Waals surface area contributed by atoms with Gasteiger partial charge in [-0.25, -0.2) is 8.42 Å². The molecule has 0 aliphatic carbocycles. The molecule has 1 aliphatic heterocycles. The maximum absolute atomic E-state index is 13.4. The number of fused-ring (bicyclic) bond motifs is 1. The first-order valence-electron chi connectivity index (χ1n) is 10.1. The maximum atomic E-state index is 13.4. The van der Waals surface area contributed by atoms with Crippen LogP contribution >= 0.6 is 0 Å². The molecule has 0 fully saturated rings. The number of rotatable bonds is 5. The van der Waals surface area contributed by atoms with Gasteiger partial charge in [-0.2, -0.15) is 0 Å². The van der Waals surface area contributed by atoms with E-state index in [0.717, 1.165) is 5.56 Å². The van der Waals surface area contributed by atoms with Crippen molar-refractivity contribution in [1.29, 1.82) is 0 Å². The van der Waals surface area contributed by atoms with Crippen molar-refractivity contribution in [3.8, 4) is 0 Å². The molecule has 4 rings (SSSR count). The molecule has 158 valence electrons. The number of hydrogen-bond donors (Lipinski definition) is 1. The zero-order chi connectivity index (χ0) is 22.0. The van der Waals surface area contributed by atoms with Crippen molar-refractivity contribution in [2.24, 2.45) is 0 Å². The molecule has 3 aromatic rings. The van der Waals surface area contributed by atoms with Crippen LogP contribution in [0.4, 0.5) is 5.69 Å². The highest BCUT2D eigenvalue weighted by Crippen LogP contribution is 2.41. The molecule has 0 saturated carbocycles. The normalized spacial score (nSPS) is 15.9. The van der Waals surface area contributed by atoms with E-state index in [1.54, 1.807) is 12.1 Å². The first-order chi connectivity index (χ1) is 14.9. The molecule has 0 saturated heterocycles. The fourth-order valence-electron chi connectivity index (χ4n) is 3.82. The van der Waals surface area contributed by atoms with E-state index >= 15 is 0 Å². The first-order valence-corrected chi connectivity index (χ1v) is 11.6. The number of hydrogen-bond acceptors (Lipinski definition) is 3. The number of para-hydroxylation sites is 1. The highest BCUT2D eigenvalue weighted by atomic mass is 32.2. The van der Waals surface area contributed by atoms with Crippen molar-refractivity contribution in [2.45, 2.75) is 12.8 Å². The van der Waals surface area contributed by atoms with E-state index in [2.05, 4.69) is 5.32 Å². The number of amides is 1. The molecule has 0 aromatic heterocycles.